The maximum absolute atomic E-state index is 14.2. The summed E-state index contributed by atoms with van der Waals surface area (Å²) in [6.07, 6.45) is -17.0. The van der Waals surface area contributed by atoms with Crippen LogP contribution in [-0.2, 0) is 84.4 Å². The Kier molecular flexibility index (Phi) is 18.1. The van der Waals surface area contributed by atoms with Crippen LogP contribution in [0.5, 0.6) is 0 Å². The first-order valence-electron chi connectivity index (χ1n) is 19.3. The van der Waals surface area contributed by atoms with Gasteiger partial charge in [0, 0.05) is 12.8 Å². The zero-order chi connectivity index (χ0) is 47.0. The monoisotopic (exact) mass is 866 g/mol. The summed E-state index contributed by atoms with van der Waals surface area (Å²) >= 11 is 0. The zero-order valence-corrected chi connectivity index (χ0v) is 34.7. The van der Waals surface area contributed by atoms with Crippen LogP contribution in [-0.4, -0.2) is 144 Å². The Hall–Kier alpha value is -4.18. The summed E-state index contributed by atoms with van der Waals surface area (Å²) < 4.78 is 97.6. The lowest BCUT2D eigenvalue weighted by Gasteiger charge is -2.39. The molecular weight excluding hydrogens is 831 g/mol. The van der Waals surface area contributed by atoms with E-state index in [0.29, 0.717) is 27.8 Å². The number of alkyl halides is 3. The van der Waals surface area contributed by atoms with Gasteiger partial charge in [-0.25, -0.2) is 14.4 Å². The van der Waals surface area contributed by atoms with Crippen LogP contribution >= 0.6 is 0 Å². The van der Waals surface area contributed by atoms with Crippen molar-refractivity contribution in [1.29, 1.82) is 0 Å². The molecule has 0 spiro atoms. The molecular formula is C39H34B9F3O11S. The first kappa shape index (κ1) is 51.5. The first-order valence-corrected chi connectivity index (χ1v) is 20.9. The third-order valence-corrected chi connectivity index (χ3v) is 11.1. The van der Waals surface area contributed by atoms with Gasteiger partial charge in [-0.15, -0.1) is 0 Å². The van der Waals surface area contributed by atoms with Crippen LogP contribution in [0.4, 0.5) is 13.2 Å². The normalized spacial score (nSPS) is 18.2. The Morgan fingerprint density at radius 1 is 0.619 bits per heavy atom. The molecule has 1 aliphatic rings. The summed E-state index contributed by atoms with van der Waals surface area (Å²) in [6.45, 7) is 0. The smallest absolute Gasteiger partial charge is 0.426 e. The molecule has 3 aromatic carbocycles. The molecule has 0 aliphatic heterocycles. The van der Waals surface area contributed by atoms with Crippen molar-refractivity contribution in [2.75, 3.05) is 5.75 Å². The van der Waals surface area contributed by atoms with Gasteiger partial charge in [-0.1, -0.05) is 102 Å². The van der Waals surface area contributed by atoms with E-state index < -0.39 is 89.1 Å². The van der Waals surface area contributed by atoms with Gasteiger partial charge in [0.25, 0.3) is 10.1 Å². The summed E-state index contributed by atoms with van der Waals surface area (Å²) in [5.74, 6) is -9.69. The van der Waals surface area contributed by atoms with Crippen molar-refractivity contribution < 1.29 is 64.3 Å². The van der Waals surface area contributed by atoms with Crippen LogP contribution in [0.2, 0.25) is 0 Å². The van der Waals surface area contributed by atoms with Crippen molar-refractivity contribution in [3.05, 3.63) is 97.6 Å². The number of carbonyl (C=O) groups excluding carboxylic acids is 4. The van der Waals surface area contributed by atoms with E-state index in [1.165, 1.54) is 24.3 Å². The Labute approximate surface area is 376 Å². The molecule has 4 rings (SSSR count). The molecule has 18 radical (unpaired) electrons. The van der Waals surface area contributed by atoms with Gasteiger partial charge in [0.05, 0.1) is 79.5 Å². The van der Waals surface area contributed by atoms with Gasteiger partial charge in [-0.05, 0) is 34.9 Å². The van der Waals surface area contributed by atoms with Crippen LogP contribution in [0.25, 0.3) is 0 Å². The van der Waals surface area contributed by atoms with Gasteiger partial charge >= 0.3 is 30.1 Å². The van der Waals surface area contributed by atoms with E-state index in [2.05, 4.69) is 0 Å². The maximum Gasteiger partial charge on any atom is 0.426 e. The lowest BCUT2D eigenvalue weighted by Crippen LogP contribution is -2.53. The van der Waals surface area contributed by atoms with Crippen LogP contribution in [0, 0.1) is 5.92 Å². The summed E-state index contributed by atoms with van der Waals surface area (Å²) in [5.41, 5.74) is 2.03. The molecule has 63 heavy (non-hydrogen) atoms. The Bertz CT molecular complexity index is 2300. The quantitative estimate of drug-likeness (QED) is 0.0826. The topological polar surface area (TPSA) is 160 Å². The van der Waals surface area contributed by atoms with Crippen LogP contribution in [0.15, 0.2) is 36.4 Å². The fourth-order valence-corrected chi connectivity index (χ4v) is 7.98. The van der Waals surface area contributed by atoms with Gasteiger partial charge in [0.1, 0.15) is 37.8 Å². The van der Waals surface area contributed by atoms with Crippen molar-refractivity contribution in [3.63, 3.8) is 0 Å². The van der Waals surface area contributed by atoms with Crippen LogP contribution in [0.1, 0.15) is 88.4 Å². The van der Waals surface area contributed by atoms with E-state index in [9.17, 15) is 45.3 Å². The minimum atomic E-state index is -5.58. The molecule has 1 saturated carbocycles. The Balaban J connectivity index is 1.93. The highest BCUT2D eigenvalue weighted by atomic mass is 32.2. The van der Waals surface area contributed by atoms with Crippen molar-refractivity contribution in [3.8, 4) is 0 Å². The molecule has 5 atom stereocenters. The summed E-state index contributed by atoms with van der Waals surface area (Å²) in [7, 11) is 47.9. The van der Waals surface area contributed by atoms with Crippen LogP contribution < -0.4 is 5.46 Å². The third-order valence-electron chi connectivity index (χ3n) is 10.4. The van der Waals surface area contributed by atoms with Crippen molar-refractivity contribution >= 4 is 110 Å². The molecule has 0 saturated heterocycles. The number of hydrogen-bond donors (Lipinski definition) is 1. The largest absolute Gasteiger partial charge is 0.458 e. The van der Waals surface area contributed by atoms with Gasteiger partial charge in [-0.2, -0.15) is 21.6 Å². The molecule has 0 heterocycles. The van der Waals surface area contributed by atoms with E-state index in [0.717, 1.165) is 0 Å². The average Bonchev–Trinajstić information content (AvgIpc) is 3.23. The predicted octanol–water partition coefficient (Wildman–Crippen LogP) is 0.577. The van der Waals surface area contributed by atoms with Crippen molar-refractivity contribution in [2.45, 2.75) is 94.0 Å². The number of carbonyl (C=O) groups is 4. The van der Waals surface area contributed by atoms with E-state index in [1.807, 2.05) is 0 Å². The number of benzene rings is 3. The fraction of sp³-hybridized carbons (Fsp3) is 0.436. The summed E-state index contributed by atoms with van der Waals surface area (Å²) in [4.78, 5) is 56.4. The van der Waals surface area contributed by atoms with Crippen molar-refractivity contribution in [1.82, 2.24) is 0 Å². The molecule has 3 aromatic rings. The third kappa shape index (κ3) is 12.8. The molecule has 0 amide bonds. The summed E-state index contributed by atoms with van der Waals surface area (Å²) in [5, 5.41) is 0. The highest BCUT2D eigenvalue weighted by molar-refractivity contribution is 7.85. The Morgan fingerprint density at radius 2 is 1.02 bits per heavy atom. The second-order valence-electron chi connectivity index (χ2n) is 14.5. The molecule has 0 aromatic heterocycles. The molecule has 11 nitrogen and oxygen atoms in total. The van der Waals surface area contributed by atoms with Gasteiger partial charge in [-0.3, -0.25) is 9.35 Å². The number of ether oxygens (including phenoxy) is 4. The van der Waals surface area contributed by atoms with Gasteiger partial charge in [0.2, 0.25) is 6.10 Å². The lowest BCUT2D eigenvalue weighted by atomic mass is 9.78. The van der Waals surface area contributed by atoms with Gasteiger partial charge < -0.3 is 18.9 Å². The molecule has 1 fully saturated rings. The lowest BCUT2D eigenvalue weighted by molar-refractivity contribution is -0.223. The van der Waals surface area contributed by atoms with E-state index in [1.54, 1.807) is 12.1 Å². The second-order valence-corrected chi connectivity index (χ2v) is 16.0. The first-order chi connectivity index (χ1) is 29.7. The van der Waals surface area contributed by atoms with Gasteiger partial charge in [0.15, 0.2) is 0 Å². The zero-order valence-electron chi connectivity index (χ0n) is 33.9. The molecule has 1 N–H and O–H groups in total. The number of esters is 4. The van der Waals surface area contributed by atoms with E-state index in [4.69, 9.17) is 89.6 Å². The molecule has 24 heteroatoms. The molecule has 5 unspecified atom stereocenters. The van der Waals surface area contributed by atoms with Crippen molar-refractivity contribution in [2.24, 2.45) is 5.92 Å². The SMILES string of the molecule is [B]Cc1cc([B])c(C[B])c(C(=O)OC2CC(OC(=O)c3cc(C[B])cc(C[B])c3C[B])CC(OC(=O)c3cc(C[B])cc(C[B])c3C[B])C2C(=O)OC(CS(=O)(=O)O)C(F)(F)F)c1. The molecule has 0 bridgehead atoms. The highest BCUT2D eigenvalue weighted by Gasteiger charge is 2.52. The second kappa shape index (κ2) is 22.1. The molecule has 310 valence electrons. The Morgan fingerprint density at radius 3 is 1.38 bits per heavy atom. The minimum absolute atomic E-state index is 0.0170. The van der Waals surface area contributed by atoms with E-state index >= 15 is 0 Å². The van der Waals surface area contributed by atoms with E-state index in [-0.39, 0.29) is 89.4 Å². The number of halogens is 3. The summed E-state index contributed by atoms with van der Waals surface area (Å²) in [6, 6.07) is 8.67. The standard InChI is InChI=1S/C39H34B9F3O11S/c40-9-18-1-21(12-43)27(14-45)24(3-18)35(52)59-23-7-31(60-36(53)25-4-19(10-41)2-22(13-44)28(25)15-46)34(38(55)62-33(39(49,50)51)17-63(56,57)58)32(8-23)61-37(54)26-5-20(11-42)6-30(48)29(26)16-47/h1-6,23,31-34H,7-17H2,(H,56,57,58). The highest BCUT2D eigenvalue weighted by Crippen LogP contribution is 2.37. The minimum Gasteiger partial charge on any atom is -0.458 e. The van der Waals surface area contributed by atoms with Crippen LogP contribution in [0.3, 0.4) is 0 Å². The fourth-order valence-electron chi connectivity index (χ4n) is 7.34. The predicted molar refractivity (Wildman–Crippen MR) is 233 cm³/mol. The average molecular weight is 865 g/mol. The maximum atomic E-state index is 14.2. The number of hydrogen-bond acceptors (Lipinski definition) is 10. The number of rotatable bonds is 18. The molecule has 1 aliphatic carbocycles.